The maximum absolute atomic E-state index is 3.57. The molecule has 0 amide bonds. The molecule has 1 heteroatoms. The minimum Gasteiger partial charge on any atom is -0.314 e. The van der Waals surface area contributed by atoms with Gasteiger partial charge in [0.15, 0.2) is 0 Å². The summed E-state index contributed by atoms with van der Waals surface area (Å²) in [6, 6.07) is 0.855. The monoisotopic (exact) mass is 139 g/mol. The number of fused-ring (bicyclic) bond motifs is 2. The Balaban J connectivity index is 2.09. The Bertz CT molecular complexity index is 126. The number of rotatable bonds is 0. The quantitative estimate of drug-likeness (QED) is 0.539. The Morgan fingerprint density at radius 1 is 1.30 bits per heavy atom. The van der Waals surface area contributed by atoms with Crippen LogP contribution in [0, 0.1) is 11.3 Å². The van der Waals surface area contributed by atoms with Gasteiger partial charge in [-0.05, 0) is 37.1 Å². The van der Waals surface area contributed by atoms with Crippen LogP contribution in [-0.4, -0.2) is 12.6 Å². The van der Waals surface area contributed by atoms with Crippen molar-refractivity contribution >= 4 is 0 Å². The van der Waals surface area contributed by atoms with E-state index in [1.165, 1.54) is 25.8 Å². The summed E-state index contributed by atoms with van der Waals surface area (Å²) >= 11 is 0. The molecule has 1 heterocycles. The van der Waals surface area contributed by atoms with Crippen molar-refractivity contribution in [3.8, 4) is 0 Å². The minimum absolute atomic E-state index is 0.622. The summed E-state index contributed by atoms with van der Waals surface area (Å²) in [7, 11) is 0. The van der Waals surface area contributed by atoms with E-state index in [1.807, 2.05) is 0 Å². The summed E-state index contributed by atoms with van der Waals surface area (Å²) in [4.78, 5) is 0. The van der Waals surface area contributed by atoms with Gasteiger partial charge in [-0.15, -0.1) is 0 Å². The molecule has 2 aliphatic rings. The number of hydrogen-bond donors (Lipinski definition) is 1. The van der Waals surface area contributed by atoms with Gasteiger partial charge in [-0.1, -0.05) is 13.8 Å². The van der Waals surface area contributed by atoms with Crippen molar-refractivity contribution in [1.82, 2.24) is 5.32 Å². The van der Waals surface area contributed by atoms with Crippen molar-refractivity contribution in [2.75, 3.05) is 6.54 Å². The third-order valence-corrected chi connectivity index (χ3v) is 2.95. The molecule has 0 aromatic heterocycles. The summed E-state index contributed by atoms with van der Waals surface area (Å²) < 4.78 is 0. The van der Waals surface area contributed by atoms with E-state index in [0.29, 0.717) is 5.41 Å². The smallest absolute Gasteiger partial charge is 0.00753 e. The standard InChI is InChI=1S/C9H17N/c1-9(2)4-7-3-8(5-9)10-6-7/h7-8,10H,3-6H2,1-2H3/t7-,8+/m1/s1. The molecule has 2 bridgehead atoms. The zero-order chi connectivity index (χ0) is 7.19. The summed E-state index contributed by atoms with van der Waals surface area (Å²) in [6.45, 7) is 6.09. The second-order valence-corrected chi connectivity index (χ2v) is 4.78. The average molecular weight is 139 g/mol. The van der Waals surface area contributed by atoms with E-state index in [0.717, 1.165) is 12.0 Å². The van der Waals surface area contributed by atoms with Crippen molar-refractivity contribution < 1.29 is 0 Å². The Morgan fingerprint density at radius 3 is 2.80 bits per heavy atom. The molecule has 1 saturated carbocycles. The summed E-state index contributed by atoms with van der Waals surface area (Å²) in [5, 5.41) is 3.57. The molecule has 2 rings (SSSR count). The SMILES string of the molecule is CC1(C)C[C@@H]2CN[C@@H](C2)C1. The largest absolute Gasteiger partial charge is 0.314 e. The molecule has 10 heavy (non-hydrogen) atoms. The molecule has 1 aliphatic heterocycles. The topological polar surface area (TPSA) is 12.0 Å². The van der Waals surface area contributed by atoms with Crippen LogP contribution in [0.2, 0.25) is 0 Å². The predicted molar refractivity (Wildman–Crippen MR) is 42.9 cm³/mol. The van der Waals surface area contributed by atoms with Gasteiger partial charge in [0.25, 0.3) is 0 Å². The highest BCUT2D eigenvalue weighted by Gasteiger charge is 2.37. The van der Waals surface area contributed by atoms with Crippen molar-refractivity contribution in [3.63, 3.8) is 0 Å². The van der Waals surface area contributed by atoms with Gasteiger partial charge in [-0.3, -0.25) is 0 Å². The van der Waals surface area contributed by atoms with Gasteiger partial charge < -0.3 is 5.32 Å². The van der Waals surface area contributed by atoms with Gasteiger partial charge in [0, 0.05) is 6.04 Å². The lowest BCUT2D eigenvalue weighted by Gasteiger charge is -2.33. The second-order valence-electron chi connectivity index (χ2n) is 4.78. The fourth-order valence-electron chi connectivity index (χ4n) is 2.75. The Morgan fingerprint density at radius 2 is 2.10 bits per heavy atom. The van der Waals surface area contributed by atoms with Crippen LogP contribution < -0.4 is 5.32 Å². The van der Waals surface area contributed by atoms with Crippen molar-refractivity contribution in [1.29, 1.82) is 0 Å². The zero-order valence-corrected chi connectivity index (χ0v) is 6.98. The molecule has 0 aromatic rings. The Labute approximate surface area is 63.2 Å². The van der Waals surface area contributed by atoms with Crippen LogP contribution in [0.4, 0.5) is 0 Å². The molecule has 0 spiro atoms. The molecular weight excluding hydrogens is 122 g/mol. The van der Waals surface area contributed by atoms with Gasteiger partial charge in [0.2, 0.25) is 0 Å². The third kappa shape index (κ3) is 1.07. The van der Waals surface area contributed by atoms with Crippen molar-refractivity contribution in [2.24, 2.45) is 11.3 Å². The van der Waals surface area contributed by atoms with E-state index in [9.17, 15) is 0 Å². The molecule has 1 nitrogen and oxygen atoms in total. The van der Waals surface area contributed by atoms with E-state index in [4.69, 9.17) is 0 Å². The minimum atomic E-state index is 0.622. The van der Waals surface area contributed by atoms with E-state index < -0.39 is 0 Å². The van der Waals surface area contributed by atoms with E-state index >= 15 is 0 Å². The van der Waals surface area contributed by atoms with E-state index in [1.54, 1.807) is 0 Å². The van der Waals surface area contributed by atoms with Crippen LogP contribution >= 0.6 is 0 Å². The van der Waals surface area contributed by atoms with Crippen LogP contribution in [-0.2, 0) is 0 Å². The first-order chi connectivity index (χ1) is 4.66. The molecule has 2 fully saturated rings. The number of hydrogen-bond acceptors (Lipinski definition) is 1. The summed E-state index contributed by atoms with van der Waals surface area (Å²) in [5.41, 5.74) is 0.622. The molecule has 1 saturated heterocycles. The van der Waals surface area contributed by atoms with Gasteiger partial charge in [-0.2, -0.15) is 0 Å². The van der Waals surface area contributed by atoms with E-state index in [2.05, 4.69) is 19.2 Å². The second kappa shape index (κ2) is 1.97. The maximum Gasteiger partial charge on any atom is 0.00753 e. The van der Waals surface area contributed by atoms with Gasteiger partial charge in [0.1, 0.15) is 0 Å². The molecule has 1 aliphatic carbocycles. The van der Waals surface area contributed by atoms with E-state index in [-0.39, 0.29) is 0 Å². The molecule has 1 N–H and O–H groups in total. The predicted octanol–water partition coefficient (Wildman–Crippen LogP) is 1.78. The average Bonchev–Trinajstić information content (AvgIpc) is 2.08. The Hall–Kier alpha value is -0.0400. The first-order valence-electron chi connectivity index (χ1n) is 4.39. The highest BCUT2D eigenvalue weighted by atomic mass is 15.0. The lowest BCUT2D eigenvalue weighted by atomic mass is 9.72. The first kappa shape index (κ1) is 6.66. The van der Waals surface area contributed by atoms with Gasteiger partial charge in [0.05, 0.1) is 0 Å². The van der Waals surface area contributed by atoms with Crippen LogP contribution in [0.25, 0.3) is 0 Å². The summed E-state index contributed by atoms with van der Waals surface area (Å²) in [6.07, 6.45) is 4.28. The molecule has 0 aromatic carbocycles. The highest BCUT2D eigenvalue weighted by Crippen LogP contribution is 2.41. The number of nitrogens with one attached hydrogen (secondary N) is 1. The normalized spacial score (nSPS) is 43.8. The molecule has 58 valence electrons. The molecular formula is C9H17N. The first-order valence-corrected chi connectivity index (χ1v) is 4.39. The maximum atomic E-state index is 3.57. The fourth-order valence-corrected chi connectivity index (χ4v) is 2.75. The third-order valence-electron chi connectivity index (χ3n) is 2.95. The van der Waals surface area contributed by atoms with Crippen LogP contribution in [0.5, 0.6) is 0 Å². The molecule has 0 unspecified atom stereocenters. The zero-order valence-electron chi connectivity index (χ0n) is 6.98. The van der Waals surface area contributed by atoms with Gasteiger partial charge >= 0.3 is 0 Å². The van der Waals surface area contributed by atoms with Crippen LogP contribution in [0.3, 0.4) is 0 Å². The van der Waals surface area contributed by atoms with Crippen LogP contribution in [0.15, 0.2) is 0 Å². The molecule has 2 atom stereocenters. The lowest BCUT2D eigenvalue weighted by Crippen LogP contribution is -2.29. The van der Waals surface area contributed by atoms with Gasteiger partial charge in [-0.25, -0.2) is 0 Å². The molecule has 0 radical (unpaired) electrons. The van der Waals surface area contributed by atoms with Crippen molar-refractivity contribution in [2.45, 2.75) is 39.2 Å². The van der Waals surface area contributed by atoms with Crippen molar-refractivity contribution in [3.05, 3.63) is 0 Å². The fraction of sp³-hybridized carbons (Fsp3) is 1.00. The van der Waals surface area contributed by atoms with Crippen LogP contribution in [0.1, 0.15) is 33.1 Å². The Kier molecular flexibility index (Phi) is 1.31. The lowest BCUT2D eigenvalue weighted by molar-refractivity contribution is 0.202. The highest BCUT2D eigenvalue weighted by molar-refractivity contribution is 4.93. The summed E-state index contributed by atoms with van der Waals surface area (Å²) in [5.74, 6) is 0.994.